The van der Waals surface area contributed by atoms with Crippen LogP contribution in [-0.4, -0.2) is 25.2 Å². The van der Waals surface area contributed by atoms with Crippen LogP contribution < -0.4 is 14.8 Å². The average molecular weight is 313 g/mol. The van der Waals surface area contributed by atoms with E-state index in [1.165, 1.54) is 0 Å². The summed E-state index contributed by atoms with van der Waals surface area (Å²) in [6.45, 7) is 6.88. The SMILES string of the molecule is CCOc1ccc(C(=O)N[C@@H](C)COc2ccccc2C)cc1. The standard InChI is InChI=1S/C19H23NO3/c1-4-22-17-11-9-16(10-12-17)19(21)20-15(3)13-23-18-8-6-5-7-14(18)2/h5-12,15H,4,13H2,1-3H3,(H,20,21)/t15-/m0/s1. The lowest BCUT2D eigenvalue weighted by Crippen LogP contribution is -2.36. The Kier molecular flexibility index (Phi) is 6.03. The van der Waals surface area contributed by atoms with Crippen LogP contribution in [0.1, 0.15) is 29.8 Å². The summed E-state index contributed by atoms with van der Waals surface area (Å²) < 4.78 is 11.1. The largest absolute Gasteiger partial charge is 0.494 e. The summed E-state index contributed by atoms with van der Waals surface area (Å²) in [6, 6.07) is 14.9. The number of para-hydroxylation sites is 1. The maximum Gasteiger partial charge on any atom is 0.251 e. The van der Waals surface area contributed by atoms with Gasteiger partial charge in [0.2, 0.25) is 0 Å². The molecule has 0 fully saturated rings. The van der Waals surface area contributed by atoms with E-state index in [0.717, 1.165) is 17.1 Å². The Morgan fingerprint density at radius 1 is 1.09 bits per heavy atom. The van der Waals surface area contributed by atoms with E-state index in [9.17, 15) is 4.79 Å². The number of hydrogen-bond donors (Lipinski definition) is 1. The lowest BCUT2D eigenvalue weighted by atomic mass is 10.2. The van der Waals surface area contributed by atoms with E-state index in [-0.39, 0.29) is 11.9 Å². The van der Waals surface area contributed by atoms with Gasteiger partial charge in [-0.1, -0.05) is 18.2 Å². The normalized spacial score (nSPS) is 11.6. The first-order chi connectivity index (χ1) is 11.1. The Balaban J connectivity index is 1.85. The van der Waals surface area contributed by atoms with Gasteiger partial charge in [0, 0.05) is 5.56 Å². The number of ether oxygens (including phenoxy) is 2. The van der Waals surface area contributed by atoms with E-state index in [1.807, 2.05) is 45.0 Å². The van der Waals surface area contributed by atoms with Crippen LogP contribution in [0.5, 0.6) is 11.5 Å². The van der Waals surface area contributed by atoms with Gasteiger partial charge in [-0.3, -0.25) is 4.79 Å². The highest BCUT2D eigenvalue weighted by Crippen LogP contribution is 2.16. The molecule has 2 rings (SSSR count). The molecule has 2 aromatic rings. The van der Waals surface area contributed by atoms with E-state index >= 15 is 0 Å². The molecule has 122 valence electrons. The highest BCUT2D eigenvalue weighted by atomic mass is 16.5. The van der Waals surface area contributed by atoms with Crippen molar-refractivity contribution < 1.29 is 14.3 Å². The zero-order chi connectivity index (χ0) is 16.7. The topological polar surface area (TPSA) is 47.6 Å². The molecule has 1 N–H and O–H groups in total. The molecule has 0 aliphatic rings. The summed E-state index contributed by atoms with van der Waals surface area (Å²) in [5.74, 6) is 1.49. The Morgan fingerprint density at radius 2 is 1.78 bits per heavy atom. The molecule has 0 saturated carbocycles. The molecule has 23 heavy (non-hydrogen) atoms. The zero-order valence-corrected chi connectivity index (χ0v) is 13.8. The summed E-state index contributed by atoms with van der Waals surface area (Å²) in [5.41, 5.74) is 1.69. The molecular formula is C19H23NO3. The Hall–Kier alpha value is -2.49. The van der Waals surface area contributed by atoms with Crippen molar-refractivity contribution in [3.05, 3.63) is 59.7 Å². The van der Waals surface area contributed by atoms with Crippen LogP contribution in [0.4, 0.5) is 0 Å². The minimum Gasteiger partial charge on any atom is -0.494 e. The van der Waals surface area contributed by atoms with Crippen LogP contribution in [0.3, 0.4) is 0 Å². The van der Waals surface area contributed by atoms with Gasteiger partial charge in [0.1, 0.15) is 18.1 Å². The quantitative estimate of drug-likeness (QED) is 0.850. The number of carbonyl (C=O) groups is 1. The molecule has 4 nitrogen and oxygen atoms in total. The summed E-state index contributed by atoms with van der Waals surface area (Å²) >= 11 is 0. The van der Waals surface area contributed by atoms with Gasteiger partial charge in [0.25, 0.3) is 5.91 Å². The minimum absolute atomic E-state index is 0.0892. The van der Waals surface area contributed by atoms with Crippen LogP contribution in [0.2, 0.25) is 0 Å². The van der Waals surface area contributed by atoms with Crippen molar-refractivity contribution in [1.29, 1.82) is 0 Å². The predicted octanol–water partition coefficient (Wildman–Crippen LogP) is 3.59. The maximum atomic E-state index is 12.2. The molecule has 1 atom stereocenters. The number of amides is 1. The Labute approximate surface area is 137 Å². The van der Waals surface area contributed by atoms with E-state index in [1.54, 1.807) is 24.3 Å². The fraction of sp³-hybridized carbons (Fsp3) is 0.316. The van der Waals surface area contributed by atoms with Crippen LogP contribution in [0.15, 0.2) is 48.5 Å². The van der Waals surface area contributed by atoms with Crippen LogP contribution >= 0.6 is 0 Å². The van der Waals surface area contributed by atoms with E-state index in [4.69, 9.17) is 9.47 Å². The van der Waals surface area contributed by atoms with Crippen molar-refractivity contribution in [1.82, 2.24) is 5.32 Å². The second-order valence-electron chi connectivity index (χ2n) is 5.41. The maximum absolute atomic E-state index is 12.2. The molecule has 4 heteroatoms. The molecule has 0 radical (unpaired) electrons. The summed E-state index contributed by atoms with van der Waals surface area (Å²) in [6.07, 6.45) is 0. The average Bonchev–Trinajstić information content (AvgIpc) is 2.55. The van der Waals surface area contributed by atoms with Gasteiger partial charge in [-0.15, -0.1) is 0 Å². The summed E-state index contributed by atoms with van der Waals surface area (Å²) in [4.78, 5) is 12.2. The first-order valence-corrected chi connectivity index (χ1v) is 7.82. The van der Waals surface area contributed by atoms with Gasteiger partial charge in [-0.05, 0) is 56.7 Å². The first-order valence-electron chi connectivity index (χ1n) is 7.82. The molecule has 1 amide bonds. The van der Waals surface area contributed by atoms with E-state index < -0.39 is 0 Å². The second kappa shape index (κ2) is 8.22. The Bertz CT molecular complexity index is 637. The lowest BCUT2D eigenvalue weighted by Gasteiger charge is -2.16. The third-order valence-electron chi connectivity index (χ3n) is 3.39. The number of carbonyl (C=O) groups excluding carboxylic acids is 1. The van der Waals surface area contributed by atoms with Crippen molar-refractivity contribution >= 4 is 5.91 Å². The van der Waals surface area contributed by atoms with Crippen molar-refractivity contribution in [2.24, 2.45) is 0 Å². The molecule has 0 aromatic heterocycles. The third-order valence-corrected chi connectivity index (χ3v) is 3.39. The Morgan fingerprint density at radius 3 is 2.43 bits per heavy atom. The van der Waals surface area contributed by atoms with Gasteiger partial charge in [-0.25, -0.2) is 0 Å². The van der Waals surface area contributed by atoms with Gasteiger partial charge in [-0.2, -0.15) is 0 Å². The molecule has 0 unspecified atom stereocenters. The number of aryl methyl sites for hydroxylation is 1. The molecule has 0 heterocycles. The second-order valence-corrected chi connectivity index (χ2v) is 5.41. The highest BCUT2D eigenvalue weighted by molar-refractivity contribution is 5.94. The first kappa shape index (κ1) is 16.9. The molecule has 0 aliphatic carbocycles. The molecule has 0 spiro atoms. The molecular weight excluding hydrogens is 290 g/mol. The van der Waals surface area contributed by atoms with Crippen molar-refractivity contribution in [3.8, 4) is 11.5 Å². The predicted molar refractivity (Wildman–Crippen MR) is 91.2 cm³/mol. The number of benzene rings is 2. The van der Waals surface area contributed by atoms with E-state index in [0.29, 0.717) is 18.8 Å². The third kappa shape index (κ3) is 5.02. The van der Waals surface area contributed by atoms with Gasteiger partial charge >= 0.3 is 0 Å². The fourth-order valence-corrected chi connectivity index (χ4v) is 2.15. The molecule has 0 saturated heterocycles. The van der Waals surface area contributed by atoms with Crippen LogP contribution in [0, 0.1) is 6.92 Å². The number of hydrogen-bond acceptors (Lipinski definition) is 3. The van der Waals surface area contributed by atoms with Crippen molar-refractivity contribution in [2.75, 3.05) is 13.2 Å². The lowest BCUT2D eigenvalue weighted by molar-refractivity contribution is 0.0926. The summed E-state index contributed by atoms with van der Waals surface area (Å²) in [7, 11) is 0. The van der Waals surface area contributed by atoms with E-state index in [2.05, 4.69) is 5.32 Å². The molecule has 2 aromatic carbocycles. The number of nitrogens with one attached hydrogen (secondary N) is 1. The fourth-order valence-electron chi connectivity index (χ4n) is 2.15. The van der Waals surface area contributed by atoms with Gasteiger partial charge in [0.05, 0.1) is 12.6 Å². The zero-order valence-electron chi connectivity index (χ0n) is 13.8. The monoisotopic (exact) mass is 313 g/mol. The highest BCUT2D eigenvalue weighted by Gasteiger charge is 2.11. The summed E-state index contributed by atoms with van der Waals surface area (Å²) in [5, 5.41) is 2.93. The minimum atomic E-state index is -0.117. The van der Waals surface area contributed by atoms with Crippen molar-refractivity contribution in [3.63, 3.8) is 0 Å². The smallest absolute Gasteiger partial charge is 0.251 e. The van der Waals surface area contributed by atoms with Crippen LogP contribution in [0.25, 0.3) is 0 Å². The van der Waals surface area contributed by atoms with Gasteiger partial charge < -0.3 is 14.8 Å². The molecule has 0 bridgehead atoms. The molecule has 0 aliphatic heterocycles. The number of rotatable bonds is 7. The van der Waals surface area contributed by atoms with Crippen molar-refractivity contribution in [2.45, 2.75) is 26.8 Å². The van der Waals surface area contributed by atoms with Crippen LogP contribution in [-0.2, 0) is 0 Å². The van der Waals surface area contributed by atoms with Gasteiger partial charge in [0.15, 0.2) is 0 Å².